The van der Waals surface area contributed by atoms with Gasteiger partial charge in [0, 0.05) is 49.2 Å². The molecular formula is C22H18ClN7O2S. The molecule has 33 heavy (non-hydrogen) atoms. The van der Waals surface area contributed by atoms with Crippen LogP contribution in [0.4, 0.5) is 5.82 Å². The van der Waals surface area contributed by atoms with Crippen molar-refractivity contribution in [2.24, 2.45) is 0 Å². The SMILES string of the molecule is N#Cc1c[nH]c2ncnc(-c3ccc(N4CCN(S(=O)(=O)c5cccc(Cl)c5)CC4)nc3)c12. The summed E-state index contributed by atoms with van der Waals surface area (Å²) in [5.41, 5.74) is 2.47. The zero-order valence-corrected chi connectivity index (χ0v) is 18.9. The fourth-order valence-electron chi connectivity index (χ4n) is 3.92. The van der Waals surface area contributed by atoms with Crippen molar-refractivity contribution >= 4 is 38.5 Å². The summed E-state index contributed by atoms with van der Waals surface area (Å²) in [6.45, 7) is 1.72. The third-order valence-corrected chi connectivity index (χ3v) is 7.74. The summed E-state index contributed by atoms with van der Waals surface area (Å²) in [6.07, 6.45) is 4.77. The number of halogens is 1. The van der Waals surface area contributed by atoms with Crippen molar-refractivity contribution in [3.63, 3.8) is 0 Å². The van der Waals surface area contributed by atoms with E-state index in [4.69, 9.17) is 11.6 Å². The van der Waals surface area contributed by atoms with Crippen LogP contribution in [0.1, 0.15) is 5.56 Å². The fourth-order valence-corrected chi connectivity index (χ4v) is 5.64. The lowest BCUT2D eigenvalue weighted by molar-refractivity contribution is 0.384. The van der Waals surface area contributed by atoms with E-state index in [1.165, 1.54) is 16.7 Å². The summed E-state index contributed by atoms with van der Waals surface area (Å²) in [5.74, 6) is 0.749. The van der Waals surface area contributed by atoms with Gasteiger partial charge >= 0.3 is 0 Å². The Bertz CT molecular complexity index is 1470. The van der Waals surface area contributed by atoms with Crippen LogP contribution in [0.15, 0.2) is 60.0 Å². The summed E-state index contributed by atoms with van der Waals surface area (Å²) in [6, 6.07) is 12.2. The molecule has 1 aromatic carbocycles. The van der Waals surface area contributed by atoms with Crippen molar-refractivity contribution in [3.05, 3.63) is 65.7 Å². The van der Waals surface area contributed by atoms with Gasteiger partial charge in [-0.05, 0) is 30.3 Å². The average molecular weight is 480 g/mol. The summed E-state index contributed by atoms with van der Waals surface area (Å²) >= 11 is 5.97. The smallest absolute Gasteiger partial charge is 0.243 e. The molecule has 0 bridgehead atoms. The monoisotopic (exact) mass is 479 g/mol. The Labute approximate surface area is 195 Å². The van der Waals surface area contributed by atoms with E-state index in [2.05, 4.69) is 26.0 Å². The first kappa shape index (κ1) is 21.3. The Morgan fingerprint density at radius 3 is 2.58 bits per heavy atom. The number of anilines is 1. The van der Waals surface area contributed by atoms with E-state index < -0.39 is 10.0 Å². The number of nitrogens with zero attached hydrogens (tertiary/aromatic N) is 6. The van der Waals surface area contributed by atoms with E-state index >= 15 is 0 Å². The highest BCUT2D eigenvalue weighted by Crippen LogP contribution is 2.29. The number of rotatable bonds is 4. The van der Waals surface area contributed by atoms with Crippen LogP contribution in [0.3, 0.4) is 0 Å². The van der Waals surface area contributed by atoms with Gasteiger partial charge in [0.15, 0.2) is 0 Å². The summed E-state index contributed by atoms with van der Waals surface area (Å²) < 4.78 is 27.3. The van der Waals surface area contributed by atoms with Crippen LogP contribution in [0.5, 0.6) is 0 Å². The van der Waals surface area contributed by atoms with E-state index in [-0.39, 0.29) is 4.90 Å². The molecule has 0 unspecified atom stereocenters. The average Bonchev–Trinajstić information content (AvgIpc) is 3.28. The number of nitrogens with one attached hydrogen (secondary N) is 1. The summed E-state index contributed by atoms with van der Waals surface area (Å²) in [4.78, 5) is 18.3. The first-order chi connectivity index (χ1) is 16.0. The quantitative estimate of drug-likeness (QED) is 0.477. The molecular weight excluding hydrogens is 462 g/mol. The molecule has 4 aromatic rings. The summed E-state index contributed by atoms with van der Waals surface area (Å²) in [7, 11) is -3.60. The molecule has 3 aromatic heterocycles. The minimum atomic E-state index is -3.60. The zero-order valence-electron chi connectivity index (χ0n) is 17.3. The van der Waals surface area contributed by atoms with Gasteiger partial charge in [-0.25, -0.2) is 23.4 Å². The van der Waals surface area contributed by atoms with Crippen molar-refractivity contribution in [1.29, 1.82) is 5.26 Å². The second kappa shape index (κ2) is 8.44. The van der Waals surface area contributed by atoms with Crippen molar-refractivity contribution in [3.8, 4) is 17.3 Å². The molecule has 0 saturated carbocycles. The molecule has 1 fully saturated rings. The molecule has 1 saturated heterocycles. The molecule has 11 heteroatoms. The first-order valence-corrected chi connectivity index (χ1v) is 12.0. The summed E-state index contributed by atoms with van der Waals surface area (Å²) in [5, 5.41) is 10.4. The molecule has 1 N–H and O–H groups in total. The van der Waals surface area contributed by atoms with Gasteiger partial charge in [-0.2, -0.15) is 9.57 Å². The van der Waals surface area contributed by atoms with E-state index in [9.17, 15) is 13.7 Å². The minimum absolute atomic E-state index is 0.198. The van der Waals surface area contributed by atoms with Gasteiger partial charge in [-0.15, -0.1) is 0 Å². The lowest BCUT2D eigenvalue weighted by Gasteiger charge is -2.34. The Hall–Kier alpha value is -3.52. The second-order valence-electron chi connectivity index (χ2n) is 7.51. The number of piperazine rings is 1. The maximum atomic E-state index is 12.9. The van der Waals surface area contributed by atoms with Gasteiger partial charge in [0.05, 0.1) is 21.5 Å². The number of sulfonamides is 1. The van der Waals surface area contributed by atoms with Crippen molar-refractivity contribution in [1.82, 2.24) is 24.2 Å². The van der Waals surface area contributed by atoms with Gasteiger partial charge < -0.3 is 9.88 Å². The highest BCUT2D eigenvalue weighted by atomic mass is 35.5. The number of hydrogen-bond acceptors (Lipinski definition) is 7. The van der Waals surface area contributed by atoms with Crippen LogP contribution < -0.4 is 4.90 Å². The maximum absolute atomic E-state index is 12.9. The minimum Gasteiger partial charge on any atom is -0.354 e. The van der Waals surface area contributed by atoms with E-state index in [1.54, 1.807) is 30.6 Å². The molecule has 0 spiro atoms. The van der Waals surface area contributed by atoms with Crippen molar-refractivity contribution < 1.29 is 8.42 Å². The number of H-pyrrole nitrogens is 1. The lowest BCUT2D eigenvalue weighted by atomic mass is 10.1. The van der Waals surface area contributed by atoms with Gasteiger partial charge in [0.25, 0.3) is 0 Å². The second-order valence-corrected chi connectivity index (χ2v) is 9.89. The van der Waals surface area contributed by atoms with Gasteiger partial charge in [0.2, 0.25) is 10.0 Å². The molecule has 166 valence electrons. The Morgan fingerprint density at radius 2 is 1.88 bits per heavy atom. The Kier molecular flexibility index (Phi) is 5.46. The van der Waals surface area contributed by atoms with Gasteiger partial charge in [0.1, 0.15) is 23.9 Å². The van der Waals surface area contributed by atoms with Crippen LogP contribution >= 0.6 is 11.6 Å². The third-order valence-electron chi connectivity index (χ3n) is 5.61. The highest BCUT2D eigenvalue weighted by molar-refractivity contribution is 7.89. The van der Waals surface area contributed by atoms with Crippen LogP contribution in [-0.2, 0) is 10.0 Å². The van der Waals surface area contributed by atoms with Gasteiger partial charge in [-0.3, -0.25) is 0 Å². The molecule has 0 radical (unpaired) electrons. The fraction of sp³-hybridized carbons (Fsp3) is 0.182. The molecule has 4 heterocycles. The molecule has 1 aliphatic heterocycles. The largest absolute Gasteiger partial charge is 0.354 e. The molecule has 0 atom stereocenters. The predicted molar refractivity (Wildman–Crippen MR) is 124 cm³/mol. The normalized spacial score (nSPS) is 15.0. The van der Waals surface area contributed by atoms with E-state index in [1.807, 2.05) is 17.0 Å². The Balaban J connectivity index is 1.33. The topological polar surface area (TPSA) is 119 Å². The van der Waals surface area contributed by atoms with Crippen molar-refractivity contribution in [2.45, 2.75) is 4.90 Å². The lowest BCUT2D eigenvalue weighted by Crippen LogP contribution is -2.48. The predicted octanol–water partition coefficient (Wildman–Crippen LogP) is 3.06. The highest BCUT2D eigenvalue weighted by Gasteiger charge is 2.29. The molecule has 5 rings (SSSR count). The number of nitriles is 1. The van der Waals surface area contributed by atoms with E-state index in [0.717, 1.165) is 11.4 Å². The van der Waals surface area contributed by atoms with Crippen LogP contribution in [-0.4, -0.2) is 58.8 Å². The number of pyridine rings is 1. The Morgan fingerprint density at radius 1 is 1.06 bits per heavy atom. The molecule has 0 amide bonds. The van der Waals surface area contributed by atoms with Crippen LogP contribution in [0.2, 0.25) is 5.02 Å². The van der Waals surface area contributed by atoms with E-state index in [0.29, 0.717) is 53.5 Å². The first-order valence-electron chi connectivity index (χ1n) is 10.2. The van der Waals surface area contributed by atoms with Crippen molar-refractivity contribution in [2.75, 3.05) is 31.1 Å². The third kappa shape index (κ3) is 3.91. The number of aromatic nitrogens is 4. The molecule has 9 nitrogen and oxygen atoms in total. The number of fused-ring (bicyclic) bond motifs is 1. The molecule has 1 aliphatic rings. The van der Waals surface area contributed by atoms with Gasteiger partial charge in [-0.1, -0.05) is 17.7 Å². The molecule has 0 aliphatic carbocycles. The number of hydrogen-bond donors (Lipinski definition) is 1. The number of aromatic amines is 1. The van der Waals surface area contributed by atoms with Crippen LogP contribution in [0, 0.1) is 11.3 Å². The number of benzene rings is 1. The standard InChI is InChI=1S/C22H18ClN7O2S/c23-17-2-1-3-18(10-17)33(31,32)30-8-6-29(7-9-30)19-5-4-15(12-25-19)21-20-16(11-24)13-26-22(20)28-14-27-21/h1-5,10,12-14H,6-9H2,(H,26,27,28). The zero-order chi connectivity index (χ0) is 23.0. The maximum Gasteiger partial charge on any atom is 0.243 e. The van der Waals surface area contributed by atoms with Crippen LogP contribution in [0.25, 0.3) is 22.3 Å².